The largest absolute Gasteiger partial charge is 0.385 e. The number of nitrogens with one attached hydrogen (secondary N) is 1. The van der Waals surface area contributed by atoms with Gasteiger partial charge in [0, 0.05) is 19.1 Å². The summed E-state index contributed by atoms with van der Waals surface area (Å²) in [6.07, 6.45) is 2.16. The van der Waals surface area contributed by atoms with Crippen molar-refractivity contribution in [2.24, 2.45) is 0 Å². The Morgan fingerprint density at radius 1 is 1.64 bits per heavy atom. The van der Waals surface area contributed by atoms with Crippen molar-refractivity contribution in [3.63, 3.8) is 0 Å². The van der Waals surface area contributed by atoms with E-state index in [-0.39, 0.29) is 0 Å². The molecular weight excluding hydrogens is 196 g/mol. The van der Waals surface area contributed by atoms with Crippen molar-refractivity contribution < 1.29 is 4.74 Å². The van der Waals surface area contributed by atoms with Gasteiger partial charge in [-0.1, -0.05) is 6.92 Å². The van der Waals surface area contributed by atoms with E-state index < -0.39 is 0 Å². The van der Waals surface area contributed by atoms with Gasteiger partial charge in [0.05, 0.1) is 17.2 Å². The normalized spacial score (nSPS) is 13.0. The molecule has 0 aromatic carbocycles. The summed E-state index contributed by atoms with van der Waals surface area (Å²) in [5.41, 5.74) is 3.05. The predicted octanol–water partition coefficient (Wildman–Crippen LogP) is 2.22. The standard InChI is InChI=1S/C10H18N2OS/c1-3-11-9(5-4-6-13-2)10-7-14-8-12-10/h7-9,11H,3-6H2,1-2H3. The number of nitrogens with zero attached hydrogens (tertiary/aromatic N) is 1. The van der Waals surface area contributed by atoms with Crippen molar-refractivity contribution in [2.75, 3.05) is 20.3 Å². The molecule has 0 amide bonds. The molecule has 1 N–H and O–H groups in total. The van der Waals surface area contributed by atoms with Gasteiger partial charge in [0.1, 0.15) is 0 Å². The van der Waals surface area contributed by atoms with E-state index in [1.165, 1.54) is 0 Å². The molecule has 0 fully saturated rings. The summed E-state index contributed by atoms with van der Waals surface area (Å²) < 4.78 is 5.04. The molecule has 0 aliphatic heterocycles. The maximum atomic E-state index is 5.04. The topological polar surface area (TPSA) is 34.1 Å². The Morgan fingerprint density at radius 3 is 3.07 bits per heavy atom. The molecule has 4 heteroatoms. The number of methoxy groups -OCH3 is 1. The minimum absolute atomic E-state index is 0.390. The molecule has 1 unspecified atom stereocenters. The van der Waals surface area contributed by atoms with E-state index in [0.717, 1.165) is 31.7 Å². The van der Waals surface area contributed by atoms with Gasteiger partial charge in [-0.2, -0.15) is 0 Å². The zero-order chi connectivity index (χ0) is 10.2. The number of ether oxygens (including phenoxy) is 1. The van der Waals surface area contributed by atoms with Crippen LogP contribution in [0.15, 0.2) is 10.9 Å². The number of hydrogen-bond acceptors (Lipinski definition) is 4. The lowest BCUT2D eigenvalue weighted by atomic mass is 10.1. The third-order valence-corrected chi connectivity index (χ3v) is 2.70. The molecule has 14 heavy (non-hydrogen) atoms. The second-order valence-electron chi connectivity index (χ2n) is 3.16. The fraction of sp³-hybridized carbons (Fsp3) is 0.700. The lowest BCUT2D eigenvalue weighted by Gasteiger charge is -2.15. The second-order valence-corrected chi connectivity index (χ2v) is 3.88. The first-order valence-corrected chi connectivity index (χ1v) is 5.93. The van der Waals surface area contributed by atoms with Crippen LogP contribution in [-0.4, -0.2) is 25.2 Å². The van der Waals surface area contributed by atoms with Crippen molar-refractivity contribution >= 4 is 11.3 Å². The predicted molar refractivity (Wildman–Crippen MR) is 59.6 cm³/mol. The highest BCUT2D eigenvalue weighted by molar-refractivity contribution is 7.07. The Balaban J connectivity index is 2.39. The molecule has 1 aromatic rings. The van der Waals surface area contributed by atoms with Crippen LogP contribution in [0.1, 0.15) is 31.5 Å². The van der Waals surface area contributed by atoms with Crippen molar-refractivity contribution in [3.8, 4) is 0 Å². The first-order valence-electron chi connectivity index (χ1n) is 4.99. The van der Waals surface area contributed by atoms with Crippen LogP contribution in [0.5, 0.6) is 0 Å². The van der Waals surface area contributed by atoms with Gasteiger partial charge in [0.15, 0.2) is 0 Å². The molecular formula is C10H18N2OS. The minimum Gasteiger partial charge on any atom is -0.385 e. The summed E-state index contributed by atoms with van der Waals surface area (Å²) >= 11 is 1.65. The maximum Gasteiger partial charge on any atom is 0.0795 e. The Kier molecular flexibility index (Phi) is 5.75. The van der Waals surface area contributed by atoms with Gasteiger partial charge in [0.2, 0.25) is 0 Å². The Hall–Kier alpha value is -0.450. The van der Waals surface area contributed by atoms with Gasteiger partial charge in [-0.05, 0) is 19.4 Å². The second kappa shape index (κ2) is 6.92. The van der Waals surface area contributed by atoms with Gasteiger partial charge >= 0.3 is 0 Å². The molecule has 0 bridgehead atoms. The highest BCUT2D eigenvalue weighted by atomic mass is 32.1. The van der Waals surface area contributed by atoms with Crippen molar-refractivity contribution in [2.45, 2.75) is 25.8 Å². The summed E-state index contributed by atoms with van der Waals surface area (Å²) in [6.45, 7) is 3.93. The van der Waals surface area contributed by atoms with Gasteiger partial charge < -0.3 is 10.1 Å². The first-order chi connectivity index (χ1) is 6.88. The fourth-order valence-electron chi connectivity index (χ4n) is 1.43. The highest BCUT2D eigenvalue weighted by Crippen LogP contribution is 2.17. The summed E-state index contributed by atoms with van der Waals surface area (Å²) in [5, 5.41) is 5.54. The van der Waals surface area contributed by atoms with Crippen molar-refractivity contribution in [1.82, 2.24) is 10.3 Å². The number of thiazole rings is 1. The van der Waals surface area contributed by atoms with Crippen LogP contribution in [0.2, 0.25) is 0 Å². The molecule has 0 saturated heterocycles. The summed E-state index contributed by atoms with van der Waals surface area (Å²) in [7, 11) is 1.74. The van der Waals surface area contributed by atoms with Crippen LogP contribution in [0.3, 0.4) is 0 Å². The van der Waals surface area contributed by atoms with Crippen LogP contribution < -0.4 is 5.32 Å². The number of rotatable bonds is 7. The molecule has 1 atom stereocenters. The van der Waals surface area contributed by atoms with Crippen LogP contribution in [-0.2, 0) is 4.74 Å². The van der Waals surface area contributed by atoms with Crippen molar-refractivity contribution in [1.29, 1.82) is 0 Å². The summed E-state index contributed by atoms with van der Waals surface area (Å²) in [6, 6.07) is 0.390. The minimum atomic E-state index is 0.390. The first kappa shape index (κ1) is 11.6. The van der Waals surface area contributed by atoms with E-state index in [4.69, 9.17) is 4.74 Å². The molecule has 3 nitrogen and oxygen atoms in total. The number of hydrogen-bond donors (Lipinski definition) is 1. The molecule has 0 spiro atoms. The fourth-order valence-corrected chi connectivity index (χ4v) is 2.03. The number of aromatic nitrogens is 1. The van der Waals surface area contributed by atoms with E-state index in [1.54, 1.807) is 18.4 Å². The SMILES string of the molecule is CCNC(CCCOC)c1cscn1. The lowest BCUT2D eigenvalue weighted by Crippen LogP contribution is -2.21. The molecule has 0 aliphatic rings. The Bertz CT molecular complexity index is 226. The lowest BCUT2D eigenvalue weighted by molar-refractivity contribution is 0.188. The van der Waals surface area contributed by atoms with E-state index >= 15 is 0 Å². The van der Waals surface area contributed by atoms with Gasteiger partial charge in [0.25, 0.3) is 0 Å². The average molecular weight is 214 g/mol. The Labute approximate surface area is 89.5 Å². The molecule has 1 rings (SSSR count). The monoisotopic (exact) mass is 214 g/mol. The maximum absolute atomic E-state index is 5.04. The third kappa shape index (κ3) is 3.74. The molecule has 1 heterocycles. The highest BCUT2D eigenvalue weighted by Gasteiger charge is 2.11. The summed E-state index contributed by atoms with van der Waals surface area (Å²) in [4.78, 5) is 4.33. The van der Waals surface area contributed by atoms with E-state index in [1.807, 2.05) is 5.51 Å². The van der Waals surface area contributed by atoms with E-state index in [0.29, 0.717) is 6.04 Å². The van der Waals surface area contributed by atoms with Gasteiger partial charge in [-0.3, -0.25) is 0 Å². The molecule has 0 radical (unpaired) electrons. The van der Waals surface area contributed by atoms with Gasteiger partial charge in [-0.15, -0.1) is 11.3 Å². The zero-order valence-electron chi connectivity index (χ0n) is 8.82. The van der Waals surface area contributed by atoms with Crippen LogP contribution in [0.25, 0.3) is 0 Å². The van der Waals surface area contributed by atoms with E-state index in [9.17, 15) is 0 Å². The quantitative estimate of drug-likeness (QED) is 0.707. The molecule has 0 aliphatic carbocycles. The summed E-state index contributed by atoms with van der Waals surface area (Å²) in [5.74, 6) is 0. The molecule has 1 aromatic heterocycles. The van der Waals surface area contributed by atoms with Gasteiger partial charge in [-0.25, -0.2) is 4.98 Å². The third-order valence-electron chi connectivity index (χ3n) is 2.10. The average Bonchev–Trinajstić information content (AvgIpc) is 2.70. The van der Waals surface area contributed by atoms with E-state index in [2.05, 4.69) is 22.6 Å². The smallest absolute Gasteiger partial charge is 0.0795 e. The van der Waals surface area contributed by atoms with Crippen LogP contribution in [0, 0.1) is 0 Å². The van der Waals surface area contributed by atoms with Crippen LogP contribution >= 0.6 is 11.3 Å². The van der Waals surface area contributed by atoms with Crippen LogP contribution in [0.4, 0.5) is 0 Å². The Morgan fingerprint density at radius 2 is 2.50 bits per heavy atom. The molecule has 0 saturated carbocycles. The zero-order valence-corrected chi connectivity index (χ0v) is 9.64. The van der Waals surface area contributed by atoms with Crippen molar-refractivity contribution in [3.05, 3.63) is 16.6 Å². The molecule has 80 valence electrons.